The Labute approximate surface area is 125 Å². The first-order valence-electron chi connectivity index (χ1n) is 6.21. The third-order valence-electron chi connectivity index (χ3n) is 3.03. The highest BCUT2D eigenvalue weighted by atomic mass is 79.9. The van der Waals surface area contributed by atoms with Gasteiger partial charge in [-0.3, -0.25) is 9.48 Å². The van der Waals surface area contributed by atoms with Gasteiger partial charge in [0.05, 0.1) is 35.4 Å². The normalized spacial score (nSPS) is 12.3. The molecule has 0 aliphatic rings. The summed E-state index contributed by atoms with van der Waals surface area (Å²) in [6, 6.07) is 7.53. The molecule has 0 saturated heterocycles. The summed E-state index contributed by atoms with van der Waals surface area (Å²) in [5, 5.41) is 13.1. The summed E-state index contributed by atoms with van der Waals surface area (Å²) >= 11 is 3.38. The summed E-state index contributed by atoms with van der Waals surface area (Å²) in [4.78, 5) is 10.8. The van der Waals surface area contributed by atoms with Gasteiger partial charge in [0.25, 0.3) is 0 Å². The van der Waals surface area contributed by atoms with Crippen molar-refractivity contribution in [1.29, 1.82) is 0 Å². The van der Waals surface area contributed by atoms with E-state index >= 15 is 0 Å². The Morgan fingerprint density at radius 2 is 2.10 bits per heavy atom. The van der Waals surface area contributed by atoms with Crippen molar-refractivity contribution in [3.8, 4) is 0 Å². The fourth-order valence-electron chi connectivity index (χ4n) is 2.02. The summed E-state index contributed by atoms with van der Waals surface area (Å²) in [5.41, 5.74) is 8.94. The minimum atomic E-state index is -0.924. The first-order valence-corrected chi connectivity index (χ1v) is 7.01. The molecule has 0 amide bonds. The lowest BCUT2D eigenvalue weighted by Crippen LogP contribution is -2.20. The van der Waals surface area contributed by atoms with E-state index in [-0.39, 0.29) is 6.42 Å². The molecule has 2 aromatic rings. The molecule has 20 heavy (non-hydrogen) atoms. The standard InChI is InChI=1S/C14H16BrN3O2/c1-9-2-4-10(5-3-9)8-18-14(11(15)7-17-18)12(16)6-13(19)20/h2-5,7,12H,6,8,16H2,1H3,(H,19,20). The van der Waals surface area contributed by atoms with E-state index in [1.165, 1.54) is 5.56 Å². The molecule has 3 N–H and O–H groups in total. The Hall–Kier alpha value is -1.66. The van der Waals surface area contributed by atoms with Crippen LogP contribution in [0.3, 0.4) is 0 Å². The van der Waals surface area contributed by atoms with Crippen LogP contribution >= 0.6 is 15.9 Å². The number of aromatic nitrogens is 2. The van der Waals surface area contributed by atoms with Gasteiger partial charge in [0, 0.05) is 0 Å². The van der Waals surface area contributed by atoms with E-state index in [9.17, 15) is 4.79 Å². The summed E-state index contributed by atoms with van der Waals surface area (Å²) < 4.78 is 2.47. The highest BCUT2D eigenvalue weighted by Gasteiger charge is 2.19. The molecule has 5 nitrogen and oxygen atoms in total. The highest BCUT2D eigenvalue weighted by Crippen LogP contribution is 2.24. The van der Waals surface area contributed by atoms with Gasteiger partial charge in [-0.05, 0) is 28.4 Å². The molecule has 2 rings (SSSR count). The number of carboxylic acids is 1. The lowest BCUT2D eigenvalue weighted by molar-refractivity contribution is -0.137. The van der Waals surface area contributed by atoms with Crippen molar-refractivity contribution >= 4 is 21.9 Å². The molecule has 0 saturated carbocycles. The van der Waals surface area contributed by atoms with Crippen LogP contribution in [-0.2, 0) is 11.3 Å². The van der Waals surface area contributed by atoms with Crippen molar-refractivity contribution in [1.82, 2.24) is 9.78 Å². The number of aliphatic carboxylic acids is 1. The molecule has 6 heteroatoms. The average molecular weight is 338 g/mol. The van der Waals surface area contributed by atoms with Gasteiger partial charge >= 0.3 is 5.97 Å². The van der Waals surface area contributed by atoms with Gasteiger partial charge in [0.15, 0.2) is 0 Å². The summed E-state index contributed by atoms with van der Waals surface area (Å²) in [6.45, 7) is 2.59. The highest BCUT2D eigenvalue weighted by molar-refractivity contribution is 9.10. The van der Waals surface area contributed by atoms with Crippen molar-refractivity contribution in [2.45, 2.75) is 25.9 Å². The zero-order valence-electron chi connectivity index (χ0n) is 11.1. The number of rotatable bonds is 5. The molecule has 1 aromatic carbocycles. The minimum absolute atomic E-state index is 0.127. The average Bonchev–Trinajstić information content (AvgIpc) is 2.72. The maximum absolute atomic E-state index is 10.8. The Bertz CT molecular complexity index is 607. The van der Waals surface area contributed by atoms with E-state index in [1.807, 2.05) is 31.2 Å². The number of hydrogen-bond acceptors (Lipinski definition) is 3. The smallest absolute Gasteiger partial charge is 0.305 e. The van der Waals surface area contributed by atoms with E-state index in [4.69, 9.17) is 10.8 Å². The fraction of sp³-hybridized carbons (Fsp3) is 0.286. The number of halogens is 1. The summed E-state index contributed by atoms with van der Waals surface area (Å²) in [7, 11) is 0. The summed E-state index contributed by atoms with van der Waals surface area (Å²) in [5.74, 6) is -0.924. The fourth-order valence-corrected chi connectivity index (χ4v) is 2.61. The van der Waals surface area contributed by atoms with Crippen LogP contribution in [0.1, 0.15) is 29.3 Å². The topological polar surface area (TPSA) is 81.1 Å². The first kappa shape index (κ1) is 14.7. The van der Waals surface area contributed by atoms with E-state index in [0.29, 0.717) is 12.2 Å². The molecule has 0 bridgehead atoms. The molecule has 0 aliphatic carbocycles. The molecule has 1 aromatic heterocycles. The molecule has 0 radical (unpaired) electrons. The molecule has 0 spiro atoms. The molecule has 1 atom stereocenters. The maximum Gasteiger partial charge on any atom is 0.305 e. The third kappa shape index (κ3) is 3.46. The third-order valence-corrected chi connectivity index (χ3v) is 3.64. The van der Waals surface area contributed by atoms with Gasteiger partial charge < -0.3 is 10.8 Å². The molecule has 1 heterocycles. The van der Waals surface area contributed by atoms with Gasteiger partial charge in [-0.15, -0.1) is 0 Å². The molecule has 1 unspecified atom stereocenters. The van der Waals surface area contributed by atoms with Crippen LogP contribution < -0.4 is 5.73 Å². The first-order chi connectivity index (χ1) is 9.47. The second kappa shape index (κ2) is 6.19. The van der Waals surface area contributed by atoms with Crippen molar-refractivity contribution in [2.24, 2.45) is 5.73 Å². The van der Waals surface area contributed by atoms with E-state index < -0.39 is 12.0 Å². The van der Waals surface area contributed by atoms with E-state index in [0.717, 1.165) is 10.0 Å². The van der Waals surface area contributed by atoms with Crippen LogP contribution in [-0.4, -0.2) is 20.9 Å². The number of nitrogens with zero attached hydrogens (tertiary/aromatic N) is 2. The quantitative estimate of drug-likeness (QED) is 0.878. The van der Waals surface area contributed by atoms with Gasteiger partial charge in [0.2, 0.25) is 0 Å². The van der Waals surface area contributed by atoms with Gasteiger partial charge in [-0.2, -0.15) is 5.10 Å². The maximum atomic E-state index is 10.8. The Kier molecular flexibility index (Phi) is 4.57. The second-order valence-electron chi connectivity index (χ2n) is 4.73. The Morgan fingerprint density at radius 3 is 2.70 bits per heavy atom. The molecule has 0 aliphatic heterocycles. The SMILES string of the molecule is Cc1ccc(Cn2ncc(Br)c2C(N)CC(=O)O)cc1. The van der Waals surface area contributed by atoms with E-state index in [1.54, 1.807) is 10.9 Å². The minimum Gasteiger partial charge on any atom is -0.481 e. The van der Waals surface area contributed by atoms with Crippen molar-refractivity contribution < 1.29 is 9.90 Å². The predicted molar refractivity (Wildman–Crippen MR) is 79.4 cm³/mol. The number of benzene rings is 1. The number of carbonyl (C=O) groups is 1. The van der Waals surface area contributed by atoms with Gasteiger partial charge in [0.1, 0.15) is 0 Å². The van der Waals surface area contributed by atoms with E-state index in [2.05, 4.69) is 21.0 Å². The monoisotopic (exact) mass is 337 g/mol. The van der Waals surface area contributed by atoms with Crippen LogP contribution in [0.4, 0.5) is 0 Å². The van der Waals surface area contributed by atoms with Crippen molar-refractivity contribution in [3.05, 3.63) is 51.8 Å². The second-order valence-corrected chi connectivity index (χ2v) is 5.58. The molecular weight excluding hydrogens is 322 g/mol. The molecule has 106 valence electrons. The van der Waals surface area contributed by atoms with Crippen molar-refractivity contribution in [2.75, 3.05) is 0 Å². The van der Waals surface area contributed by atoms with Gasteiger partial charge in [-0.1, -0.05) is 29.8 Å². The lowest BCUT2D eigenvalue weighted by Gasteiger charge is -2.13. The lowest BCUT2D eigenvalue weighted by atomic mass is 10.1. The molecular formula is C14H16BrN3O2. The number of carboxylic acid groups (broad SMARTS) is 1. The zero-order valence-corrected chi connectivity index (χ0v) is 12.7. The van der Waals surface area contributed by atoms with Crippen LogP contribution in [0.15, 0.2) is 34.9 Å². The Morgan fingerprint density at radius 1 is 1.45 bits per heavy atom. The number of aryl methyl sites for hydroxylation is 1. The van der Waals surface area contributed by atoms with Crippen molar-refractivity contribution in [3.63, 3.8) is 0 Å². The molecule has 0 fully saturated rings. The summed E-state index contributed by atoms with van der Waals surface area (Å²) in [6.07, 6.45) is 1.52. The predicted octanol–water partition coefficient (Wildman–Crippen LogP) is 2.48. The van der Waals surface area contributed by atoms with Crippen LogP contribution in [0, 0.1) is 6.92 Å². The van der Waals surface area contributed by atoms with Gasteiger partial charge in [-0.25, -0.2) is 0 Å². The largest absolute Gasteiger partial charge is 0.481 e. The number of nitrogens with two attached hydrogens (primary N) is 1. The Balaban J connectivity index is 2.24. The zero-order chi connectivity index (χ0) is 14.7. The number of hydrogen-bond donors (Lipinski definition) is 2. The van der Waals surface area contributed by atoms with Crippen LogP contribution in [0.2, 0.25) is 0 Å². The van der Waals surface area contributed by atoms with Crippen LogP contribution in [0.5, 0.6) is 0 Å². The van der Waals surface area contributed by atoms with Crippen LogP contribution in [0.25, 0.3) is 0 Å².